The van der Waals surface area contributed by atoms with Crippen molar-refractivity contribution < 1.29 is 23.4 Å². The molecule has 1 aromatic heterocycles. The number of quaternary nitrogens is 2. The molecule has 0 aliphatic carbocycles. The maximum Gasteiger partial charge on any atom is 0.319 e. The number of hydrogen-bond acceptors (Lipinski definition) is 2. The first-order valence-corrected chi connectivity index (χ1v) is 9.60. The van der Waals surface area contributed by atoms with E-state index in [-0.39, 0.29) is 11.7 Å². The van der Waals surface area contributed by atoms with Gasteiger partial charge in [0.05, 0.1) is 24.2 Å². The Morgan fingerprint density at radius 3 is 2.65 bits per heavy atom. The van der Waals surface area contributed by atoms with Gasteiger partial charge in [0, 0.05) is 6.07 Å². The number of halogens is 2. The molecular weight excluding hydrogens is 358 g/mol. The van der Waals surface area contributed by atoms with Crippen molar-refractivity contribution in [1.29, 1.82) is 0 Å². The summed E-state index contributed by atoms with van der Waals surface area (Å²) < 4.78 is 26.6. The number of carbonyl (C=O) groups is 1. The first-order valence-electron chi connectivity index (χ1n) is 8.72. The zero-order valence-electron chi connectivity index (χ0n) is 14.6. The number of benzene rings is 1. The highest BCUT2D eigenvalue weighted by atomic mass is 32.1. The van der Waals surface area contributed by atoms with E-state index in [1.807, 2.05) is 11.4 Å². The molecule has 1 aromatic carbocycles. The molecular formula is C18H24F2N4OS+2. The number of urea groups is 1. The van der Waals surface area contributed by atoms with Crippen molar-refractivity contribution in [3.05, 3.63) is 52.2 Å². The third kappa shape index (κ3) is 4.78. The summed E-state index contributed by atoms with van der Waals surface area (Å²) in [6.45, 7) is 4.76. The summed E-state index contributed by atoms with van der Waals surface area (Å²) in [5, 5.41) is 7.32. The standard InChI is InChI=1S/C18H22F2N4OS/c1-23-6-8-24(9-7-23)16(17-3-2-10-26-17)12-21-18(25)22-15-5-4-13(19)11-14(15)20/h2-5,10-11,16H,6-9,12H2,1H3,(H2,21,22,25)/p+2/t16-/m0/s1. The summed E-state index contributed by atoms with van der Waals surface area (Å²) in [7, 11) is 2.19. The van der Waals surface area contributed by atoms with E-state index < -0.39 is 17.7 Å². The van der Waals surface area contributed by atoms with Crippen molar-refractivity contribution in [2.24, 2.45) is 0 Å². The van der Waals surface area contributed by atoms with Gasteiger partial charge in [0.25, 0.3) is 0 Å². The zero-order valence-corrected chi connectivity index (χ0v) is 15.5. The fourth-order valence-electron chi connectivity index (χ4n) is 3.23. The van der Waals surface area contributed by atoms with E-state index in [2.05, 4.69) is 23.7 Å². The van der Waals surface area contributed by atoms with E-state index in [0.717, 1.165) is 38.3 Å². The molecule has 4 N–H and O–H groups in total. The number of thiophene rings is 1. The van der Waals surface area contributed by atoms with E-state index in [1.54, 1.807) is 11.3 Å². The monoisotopic (exact) mass is 382 g/mol. The smallest absolute Gasteiger partial charge is 0.319 e. The fourth-order valence-corrected chi connectivity index (χ4v) is 4.12. The number of anilines is 1. The number of hydrogen-bond donors (Lipinski definition) is 4. The van der Waals surface area contributed by atoms with Gasteiger partial charge in [-0.05, 0) is 23.6 Å². The van der Waals surface area contributed by atoms with Crippen LogP contribution in [0.25, 0.3) is 0 Å². The van der Waals surface area contributed by atoms with Gasteiger partial charge in [-0.2, -0.15) is 0 Å². The molecule has 0 bridgehead atoms. The molecule has 1 aliphatic rings. The second-order valence-electron chi connectivity index (χ2n) is 6.64. The van der Waals surface area contributed by atoms with Crippen LogP contribution in [0.15, 0.2) is 35.7 Å². The quantitative estimate of drug-likeness (QED) is 0.591. The average molecular weight is 382 g/mol. The Bertz CT molecular complexity index is 733. The van der Waals surface area contributed by atoms with Crippen LogP contribution in [0, 0.1) is 11.6 Å². The molecule has 0 unspecified atom stereocenters. The van der Waals surface area contributed by atoms with Gasteiger partial charge in [-0.3, -0.25) is 0 Å². The Balaban J connectivity index is 1.61. The molecule has 5 nitrogen and oxygen atoms in total. The minimum atomic E-state index is -0.789. The van der Waals surface area contributed by atoms with Crippen LogP contribution < -0.4 is 20.4 Å². The molecule has 1 aliphatic heterocycles. The molecule has 26 heavy (non-hydrogen) atoms. The number of likely N-dealkylation sites (N-methyl/N-ethyl adjacent to an activating group) is 1. The molecule has 0 saturated carbocycles. The molecule has 140 valence electrons. The first kappa shape index (κ1) is 18.8. The number of rotatable bonds is 5. The second-order valence-corrected chi connectivity index (χ2v) is 7.62. The van der Waals surface area contributed by atoms with Crippen molar-refractivity contribution in [3.63, 3.8) is 0 Å². The Morgan fingerprint density at radius 1 is 1.23 bits per heavy atom. The topological polar surface area (TPSA) is 50.0 Å². The van der Waals surface area contributed by atoms with Crippen LogP contribution in [0.1, 0.15) is 10.9 Å². The highest BCUT2D eigenvalue weighted by Crippen LogP contribution is 2.17. The first-order chi connectivity index (χ1) is 12.5. The molecule has 8 heteroatoms. The minimum absolute atomic E-state index is 0.0351. The van der Waals surface area contributed by atoms with Gasteiger partial charge in [-0.25, -0.2) is 13.6 Å². The van der Waals surface area contributed by atoms with Crippen LogP contribution in [0.2, 0.25) is 0 Å². The van der Waals surface area contributed by atoms with Crippen molar-refractivity contribution in [3.8, 4) is 0 Å². The highest BCUT2D eigenvalue weighted by molar-refractivity contribution is 7.10. The van der Waals surface area contributed by atoms with Crippen molar-refractivity contribution in [1.82, 2.24) is 5.32 Å². The van der Waals surface area contributed by atoms with Gasteiger partial charge in [0.15, 0.2) is 0 Å². The minimum Gasteiger partial charge on any atom is -0.331 e. The molecule has 1 fully saturated rings. The van der Waals surface area contributed by atoms with Crippen LogP contribution in [-0.2, 0) is 0 Å². The highest BCUT2D eigenvalue weighted by Gasteiger charge is 2.30. The molecule has 1 saturated heterocycles. The second kappa shape index (κ2) is 8.57. The molecule has 0 spiro atoms. The maximum atomic E-state index is 13.7. The zero-order chi connectivity index (χ0) is 18.5. The number of piperazine rings is 1. The fraction of sp³-hybridized carbons (Fsp3) is 0.389. The summed E-state index contributed by atoms with van der Waals surface area (Å²) in [5.41, 5.74) is -0.0351. The van der Waals surface area contributed by atoms with E-state index in [1.165, 1.54) is 20.7 Å². The summed E-state index contributed by atoms with van der Waals surface area (Å²) in [4.78, 5) is 16.4. The molecule has 0 radical (unpaired) electrons. The Hall–Kier alpha value is -2.03. The lowest BCUT2D eigenvalue weighted by Crippen LogP contribution is -3.27. The Labute approximate surface area is 155 Å². The Kier molecular flexibility index (Phi) is 6.18. The van der Waals surface area contributed by atoms with E-state index >= 15 is 0 Å². The third-order valence-corrected chi connectivity index (χ3v) is 5.76. The summed E-state index contributed by atoms with van der Waals surface area (Å²) in [5.74, 6) is -1.46. The van der Waals surface area contributed by atoms with Gasteiger partial charge in [-0.15, -0.1) is 11.3 Å². The van der Waals surface area contributed by atoms with Crippen molar-refractivity contribution in [2.45, 2.75) is 6.04 Å². The Morgan fingerprint density at radius 2 is 2.00 bits per heavy atom. The SMILES string of the molecule is C[NH+]1CC[NH+]([C@@H](CNC(=O)Nc2ccc(F)cc2F)c2cccs2)CC1. The lowest BCUT2D eigenvalue weighted by Gasteiger charge is -2.33. The molecule has 3 rings (SSSR count). The lowest BCUT2D eigenvalue weighted by atomic mass is 10.1. The molecule has 2 aromatic rings. The van der Waals surface area contributed by atoms with Crippen LogP contribution in [0.4, 0.5) is 19.3 Å². The largest absolute Gasteiger partial charge is 0.331 e. The maximum absolute atomic E-state index is 13.7. The summed E-state index contributed by atoms with van der Waals surface area (Å²) in [6, 6.07) is 6.87. The van der Waals surface area contributed by atoms with Crippen molar-refractivity contribution in [2.75, 3.05) is 45.1 Å². The normalized spacial score (nSPS) is 21.2. The van der Waals surface area contributed by atoms with Gasteiger partial charge in [-0.1, -0.05) is 6.07 Å². The van der Waals surface area contributed by atoms with Crippen LogP contribution in [0.3, 0.4) is 0 Å². The molecule has 2 heterocycles. The number of nitrogens with one attached hydrogen (secondary N) is 4. The van der Waals surface area contributed by atoms with Gasteiger partial charge in [0.2, 0.25) is 0 Å². The van der Waals surface area contributed by atoms with E-state index in [4.69, 9.17) is 0 Å². The predicted molar refractivity (Wildman–Crippen MR) is 97.8 cm³/mol. The van der Waals surface area contributed by atoms with E-state index in [9.17, 15) is 13.6 Å². The lowest BCUT2D eigenvalue weighted by molar-refractivity contribution is -1.02. The summed E-state index contributed by atoms with van der Waals surface area (Å²) in [6.07, 6.45) is 0. The van der Waals surface area contributed by atoms with Crippen LogP contribution in [-0.4, -0.2) is 45.8 Å². The van der Waals surface area contributed by atoms with Gasteiger partial charge in [0.1, 0.15) is 43.9 Å². The average Bonchev–Trinajstić information content (AvgIpc) is 3.13. The molecule has 2 amide bonds. The van der Waals surface area contributed by atoms with Gasteiger partial charge >= 0.3 is 6.03 Å². The third-order valence-electron chi connectivity index (χ3n) is 4.77. The van der Waals surface area contributed by atoms with Crippen molar-refractivity contribution >= 4 is 23.1 Å². The van der Waals surface area contributed by atoms with E-state index in [0.29, 0.717) is 6.54 Å². The predicted octanol–water partition coefficient (Wildman–Crippen LogP) is 0.302. The van der Waals surface area contributed by atoms with Gasteiger partial charge < -0.3 is 20.4 Å². The number of carbonyl (C=O) groups excluding carboxylic acids is 1. The molecule has 1 atom stereocenters. The number of amides is 2. The van der Waals surface area contributed by atoms with Crippen LogP contribution in [0.5, 0.6) is 0 Å². The van der Waals surface area contributed by atoms with Crippen LogP contribution >= 0.6 is 11.3 Å². The summed E-state index contributed by atoms with van der Waals surface area (Å²) >= 11 is 1.68.